The van der Waals surface area contributed by atoms with E-state index in [0.29, 0.717) is 6.61 Å². The first-order valence-electron chi connectivity index (χ1n) is 8.84. The van der Waals surface area contributed by atoms with E-state index in [-0.39, 0.29) is 17.4 Å². The van der Waals surface area contributed by atoms with Gasteiger partial charge in [0, 0.05) is 18.1 Å². The number of thiazole rings is 1. The third kappa shape index (κ3) is 4.16. The standard InChI is InChI=1S/C21H23N3O3S/c1-13-4-7-16(8-5-13)23-21-24(14(2)11-27-3)18(12-28-21)15-6-9-19(25)17(10-15)20(22)26/h4-10,12,14,25H,11H2,1-3H3,(H2,22,26)/t14-/m0/s1. The molecule has 0 saturated heterocycles. The van der Waals surface area contributed by atoms with Crippen molar-refractivity contribution in [2.24, 2.45) is 10.7 Å². The monoisotopic (exact) mass is 397 g/mol. The van der Waals surface area contributed by atoms with E-state index in [1.165, 1.54) is 23.0 Å². The van der Waals surface area contributed by atoms with Crippen molar-refractivity contribution >= 4 is 22.9 Å². The Morgan fingerprint density at radius 3 is 2.64 bits per heavy atom. The number of aromatic hydroxyl groups is 1. The topological polar surface area (TPSA) is 89.8 Å². The Morgan fingerprint density at radius 1 is 1.29 bits per heavy atom. The molecule has 0 fully saturated rings. The number of amides is 1. The summed E-state index contributed by atoms with van der Waals surface area (Å²) in [7, 11) is 1.66. The fourth-order valence-electron chi connectivity index (χ4n) is 2.98. The molecule has 0 radical (unpaired) electrons. The number of nitrogens with zero attached hydrogens (tertiary/aromatic N) is 2. The van der Waals surface area contributed by atoms with Crippen molar-refractivity contribution < 1.29 is 14.6 Å². The van der Waals surface area contributed by atoms with Crippen molar-refractivity contribution in [3.05, 3.63) is 63.8 Å². The zero-order valence-corrected chi connectivity index (χ0v) is 16.9. The van der Waals surface area contributed by atoms with Crippen molar-refractivity contribution in [1.29, 1.82) is 0 Å². The van der Waals surface area contributed by atoms with Crippen LogP contribution in [0.1, 0.15) is 28.9 Å². The molecule has 1 atom stereocenters. The number of aromatic nitrogens is 1. The molecule has 2 aromatic carbocycles. The number of hydrogen-bond donors (Lipinski definition) is 2. The number of carbonyl (C=O) groups is 1. The summed E-state index contributed by atoms with van der Waals surface area (Å²) in [4.78, 5) is 17.2. The van der Waals surface area contributed by atoms with Crippen LogP contribution in [0.25, 0.3) is 11.3 Å². The summed E-state index contributed by atoms with van der Waals surface area (Å²) in [6.07, 6.45) is 0. The van der Waals surface area contributed by atoms with Gasteiger partial charge in [-0.05, 0) is 44.2 Å². The van der Waals surface area contributed by atoms with Crippen molar-refractivity contribution in [3.8, 4) is 17.0 Å². The number of benzene rings is 2. The van der Waals surface area contributed by atoms with E-state index in [4.69, 9.17) is 15.5 Å². The fraction of sp³-hybridized carbons (Fsp3) is 0.238. The normalized spacial score (nSPS) is 12.9. The fourth-order valence-corrected chi connectivity index (χ4v) is 3.99. The summed E-state index contributed by atoms with van der Waals surface area (Å²) in [6, 6.07) is 12.9. The highest BCUT2D eigenvalue weighted by atomic mass is 32.1. The van der Waals surface area contributed by atoms with Crippen LogP contribution in [0, 0.1) is 6.92 Å². The second-order valence-corrected chi connectivity index (χ2v) is 7.46. The van der Waals surface area contributed by atoms with E-state index in [1.807, 2.05) is 43.5 Å². The third-order valence-corrected chi connectivity index (χ3v) is 5.25. The molecule has 0 aliphatic carbocycles. The van der Waals surface area contributed by atoms with E-state index >= 15 is 0 Å². The molecular weight excluding hydrogens is 374 g/mol. The minimum absolute atomic E-state index is 0.0151. The zero-order valence-electron chi connectivity index (χ0n) is 16.0. The first-order valence-corrected chi connectivity index (χ1v) is 9.72. The molecule has 0 bridgehead atoms. The third-order valence-electron chi connectivity index (χ3n) is 4.41. The van der Waals surface area contributed by atoms with Crippen LogP contribution in [0.2, 0.25) is 0 Å². The van der Waals surface area contributed by atoms with Gasteiger partial charge in [-0.1, -0.05) is 17.7 Å². The molecule has 1 heterocycles. The lowest BCUT2D eigenvalue weighted by molar-refractivity contribution is 0.0998. The number of methoxy groups -OCH3 is 1. The zero-order chi connectivity index (χ0) is 20.3. The summed E-state index contributed by atoms with van der Waals surface area (Å²) in [5, 5.41) is 11.9. The van der Waals surface area contributed by atoms with Crippen molar-refractivity contribution in [3.63, 3.8) is 0 Å². The molecule has 0 unspecified atom stereocenters. The van der Waals surface area contributed by atoms with Crippen LogP contribution in [0.5, 0.6) is 5.75 Å². The van der Waals surface area contributed by atoms with Crippen molar-refractivity contribution in [2.45, 2.75) is 19.9 Å². The average molecular weight is 398 g/mol. The molecule has 0 aliphatic heterocycles. The molecule has 3 N–H and O–H groups in total. The minimum Gasteiger partial charge on any atom is -0.507 e. The molecule has 7 heteroatoms. The lowest BCUT2D eigenvalue weighted by atomic mass is 10.1. The SMILES string of the molecule is COC[C@H](C)n1c(-c2ccc(O)c(C(N)=O)c2)csc1=Nc1ccc(C)cc1. The number of carbonyl (C=O) groups excluding carboxylic acids is 1. The second-order valence-electron chi connectivity index (χ2n) is 6.62. The van der Waals surface area contributed by atoms with Crippen LogP contribution in [0.3, 0.4) is 0 Å². The molecule has 0 spiro atoms. The molecule has 28 heavy (non-hydrogen) atoms. The molecule has 6 nitrogen and oxygen atoms in total. The number of phenols is 1. The Labute approximate surface area is 167 Å². The number of ether oxygens (including phenoxy) is 1. The molecule has 3 rings (SSSR count). The summed E-state index contributed by atoms with van der Waals surface area (Å²) in [5.74, 6) is -0.803. The van der Waals surface area contributed by atoms with Gasteiger partial charge in [-0.15, -0.1) is 11.3 Å². The average Bonchev–Trinajstić information content (AvgIpc) is 3.07. The largest absolute Gasteiger partial charge is 0.507 e. The Hall–Kier alpha value is -2.90. The molecular formula is C21H23N3O3S. The molecule has 0 saturated carbocycles. The Balaban J connectivity index is 2.17. The summed E-state index contributed by atoms with van der Waals surface area (Å²) in [5.41, 5.74) is 9.16. The van der Waals surface area contributed by atoms with Gasteiger partial charge >= 0.3 is 0 Å². The first-order chi connectivity index (χ1) is 13.4. The van der Waals surface area contributed by atoms with Crippen molar-refractivity contribution in [2.75, 3.05) is 13.7 Å². The minimum atomic E-state index is -0.671. The van der Waals surface area contributed by atoms with Crippen LogP contribution < -0.4 is 10.5 Å². The van der Waals surface area contributed by atoms with E-state index in [2.05, 4.69) is 4.57 Å². The van der Waals surface area contributed by atoms with Crippen LogP contribution in [-0.2, 0) is 4.74 Å². The predicted octanol–water partition coefficient (Wildman–Crippen LogP) is 3.77. The van der Waals surface area contributed by atoms with E-state index in [9.17, 15) is 9.90 Å². The highest BCUT2D eigenvalue weighted by Crippen LogP contribution is 2.28. The van der Waals surface area contributed by atoms with Crippen LogP contribution in [0.4, 0.5) is 5.69 Å². The quantitative estimate of drug-likeness (QED) is 0.663. The Bertz CT molecular complexity index is 1050. The number of rotatable bonds is 6. The van der Waals surface area contributed by atoms with E-state index < -0.39 is 5.91 Å². The lowest BCUT2D eigenvalue weighted by Crippen LogP contribution is -2.23. The second kappa shape index (κ2) is 8.41. The number of nitrogens with two attached hydrogens (primary N) is 1. The predicted molar refractivity (Wildman–Crippen MR) is 111 cm³/mol. The maximum atomic E-state index is 11.6. The lowest BCUT2D eigenvalue weighted by Gasteiger charge is -2.17. The summed E-state index contributed by atoms with van der Waals surface area (Å²) < 4.78 is 7.42. The molecule has 0 aliphatic rings. The smallest absolute Gasteiger partial charge is 0.252 e. The van der Waals surface area contributed by atoms with Crippen LogP contribution in [-0.4, -0.2) is 29.3 Å². The van der Waals surface area contributed by atoms with Gasteiger partial charge in [-0.2, -0.15) is 0 Å². The van der Waals surface area contributed by atoms with Crippen LogP contribution in [0.15, 0.2) is 52.8 Å². The van der Waals surface area contributed by atoms with E-state index in [1.54, 1.807) is 19.2 Å². The summed E-state index contributed by atoms with van der Waals surface area (Å²) >= 11 is 1.50. The van der Waals surface area contributed by atoms with Gasteiger partial charge in [0.05, 0.1) is 29.6 Å². The van der Waals surface area contributed by atoms with Gasteiger partial charge in [-0.3, -0.25) is 4.79 Å². The molecule has 1 amide bonds. The number of hydrogen-bond acceptors (Lipinski definition) is 5. The summed E-state index contributed by atoms with van der Waals surface area (Å²) in [6.45, 7) is 4.59. The van der Waals surface area contributed by atoms with Crippen LogP contribution >= 0.6 is 11.3 Å². The van der Waals surface area contributed by atoms with Gasteiger partial charge in [0.15, 0.2) is 4.80 Å². The molecule has 1 aromatic heterocycles. The highest BCUT2D eigenvalue weighted by Gasteiger charge is 2.16. The molecule has 146 valence electrons. The number of primary amides is 1. The van der Waals surface area contributed by atoms with Gasteiger partial charge in [0.1, 0.15) is 5.75 Å². The highest BCUT2D eigenvalue weighted by molar-refractivity contribution is 7.07. The first kappa shape index (κ1) is 19.9. The Kier molecular flexibility index (Phi) is 5.96. The Morgan fingerprint density at radius 2 is 2.00 bits per heavy atom. The van der Waals surface area contributed by atoms with Gasteiger partial charge in [0.25, 0.3) is 5.91 Å². The molecule has 3 aromatic rings. The maximum absolute atomic E-state index is 11.6. The maximum Gasteiger partial charge on any atom is 0.252 e. The van der Waals surface area contributed by atoms with Gasteiger partial charge in [-0.25, -0.2) is 4.99 Å². The van der Waals surface area contributed by atoms with E-state index in [0.717, 1.165) is 21.7 Å². The van der Waals surface area contributed by atoms with Gasteiger partial charge < -0.3 is 20.1 Å². The number of aryl methyl sites for hydroxylation is 1. The van der Waals surface area contributed by atoms with Crippen molar-refractivity contribution in [1.82, 2.24) is 4.57 Å². The van der Waals surface area contributed by atoms with Gasteiger partial charge in [0.2, 0.25) is 0 Å².